The van der Waals surface area contributed by atoms with Gasteiger partial charge in [-0.2, -0.15) is 31.4 Å². The number of nitrogens with zero attached hydrogens (tertiary/aromatic N) is 3. The predicted octanol–water partition coefficient (Wildman–Crippen LogP) is 5.11. The van der Waals surface area contributed by atoms with Crippen LogP contribution in [0.15, 0.2) is 24.3 Å². The smallest absolute Gasteiger partial charge is 0.316 e. The molecule has 5 rings (SSSR count). The van der Waals surface area contributed by atoms with E-state index in [4.69, 9.17) is 0 Å². The maximum atomic E-state index is 13.7. The number of hydrogen-bond acceptors (Lipinski definition) is 3. The fraction of sp³-hybridized carbons (Fsp3) is 0.636. The quantitative estimate of drug-likeness (QED) is 0.650. The topological polar surface area (TPSA) is 42.7 Å². The molecule has 3 aliphatic rings. The average molecular weight is 458 g/mol. The van der Waals surface area contributed by atoms with Crippen molar-refractivity contribution in [3.05, 3.63) is 47.0 Å². The summed E-state index contributed by atoms with van der Waals surface area (Å²) in [5, 5.41) is 7.68. The van der Waals surface area contributed by atoms with E-state index in [2.05, 4.69) is 15.4 Å². The molecule has 2 aliphatic heterocycles. The number of aromatic nitrogens is 3. The van der Waals surface area contributed by atoms with Crippen molar-refractivity contribution >= 4 is 0 Å². The third-order valence-electron chi connectivity index (χ3n) is 7.38. The monoisotopic (exact) mass is 458 g/mol. The summed E-state index contributed by atoms with van der Waals surface area (Å²) < 4.78 is 81.7. The zero-order valence-electron chi connectivity index (χ0n) is 17.3. The average Bonchev–Trinajstić information content (AvgIpc) is 3.22. The molecular weight excluding hydrogens is 434 g/mol. The number of piperidine rings is 1. The predicted molar refractivity (Wildman–Crippen MR) is 104 cm³/mol. The lowest BCUT2D eigenvalue weighted by Crippen LogP contribution is -2.39. The molecule has 0 radical (unpaired) electrons. The number of fused-ring (bicyclic) bond motifs is 3. The van der Waals surface area contributed by atoms with E-state index in [9.17, 15) is 26.3 Å². The van der Waals surface area contributed by atoms with E-state index in [0.29, 0.717) is 35.6 Å². The fourth-order valence-electron chi connectivity index (χ4n) is 5.81. The summed E-state index contributed by atoms with van der Waals surface area (Å²) in [6.45, 7) is 1.79. The highest BCUT2D eigenvalue weighted by molar-refractivity contribution is 5.33. The van der Waals surface area contributed by atoms with Crippen molar-refractivity contribution in [2.45, 2.75) is 56.4 Å². The Morgan fingerprint density at radius 2 is 1.69 bits per heavy atom. The maximum Gasteiger partial charge on any atom is 0.416 e. The number of halogens is 6. The first-order valence-electron chi connectivity index (χ1n) is 11.0. The Morgan fingerprint density at radius 3 is 2.34 bits per heavy atom. The molecule has 10 heteroatoms. The molecule has 1 aromatic carbocycles. The molecule has 2 bridgehead atoms. The van der Waals surface area contributed by atoms with E-state index >= 15 is 0 Å². The Balaban J connectivity index is 1.50. The second-order valence-electron chi connectivity index (χ2n) is 9.27. The van der Waals surface area contributed by atoms with E-state index in [0.717, 1.165) is 42.7 Å². The lowest BCUT2D eigenvalue weighted by molar-refractivity contribution is -0.175. The summed E-state index contributed by atoms with van der Waals surface area (Å²) in [5.74, 6) is 1.10. The van der Waals surface area contributed by atoms with E-state index in [-0.39, 0.29) is 18.7 Å². The van der Waals surface area contributed by atoms with E-state index in [1.165, 1.54) is 12.1 Å². The zero-order chi connectivity index (χ0) is 22.7. The van der Waals surface area contributed by atoms with Crippen molar-refractivity contribution < 1.29 is 26.3 Å². The van der Waals surface area contributed by atoms with Gasteiger partial charge in [0.15, 0.2) is 5.82 Å². The van der Waals surface area contributed by atoms with Gasteiger partial charge in [0, 0.05) is 12.3 Å². The van der Waals surface area contributed by atoms with Crippen molar-refractivity contribution in [3.8, 4) is 0 Å². The molecule has 174 valence electrons. The number of nitrogens with one attached hydrogen (secondary N) is 1. The van der Waals surface area contributed by atoms with Crippen LogP contribution in [0.4, 0.5) is 26.3 Å². The van der Waals surface area contributed by atoms with Gasteiger partial charge in [-0.3, -0.25) is 0 Å². The Labute approximate surface area is 181 Å². The van der Waals surface area contributed by atoms with Gasteiger partial charge in [0.25, 0.3) is 0 Å². The first-order valence-corrected chi connectivity index (χ1v) is 11.0. The highest BCUT2D eigenvalue weighted by atomic mass is 19.4. The molecule has 1 aliphatic carbocycles. The second-order valence-corrected chi connectivity index (χ2v) is 9.27. The van der Waals surface area contributed by atoms with Gasteiger partial charge in [-0.25, -0.2) is 9.67 Å². The lowest BCUT2D eigenvalue weighted by atomic mass is 9.83. The highest BCUT2D eigenvalue weighted by Crippen LogP contribution is 2.45. The Morgan fingerprint density at radius 1 is 0.969 bits per heavy atom. The van der Waals surface area contributed by atoms with Crippen molar-refractivity contribution in [3.63, 3.8) is 0 Å². The minimum absolute atomic E-state index is 0.0716. The van der Waals surface area contributed by atoms with Crippen molar-refractivity contribution in [2.24, 2.45) is 17.8 Å². The van der Waals surface area contributed by atoms with Crippen LogP contribution in [0.5, 0.6) is 0 Å². The Bertz CT molecular complexity index is 966. The van der Waals surface area contributed by atoms with Crippen LogP contribution in [-0.2, 0) is 12.6 Å². The standard InChI is InChI=1S/C22H24F6N4/c23-21(24,25)15-3-1-2-12(8-15)16-6-7-18(22(26,27)28)32-20(16)30-19(31-32)9-17-13-4-5-14(17)11-29-10-13/h1-3,8,13-14,16-18,29H,4-7,9-11H2/t13-,14+,16?,17?,18?. The first kappa shape index (κ1) is 21.7. The molecule has 5 atom stereocenters. The SMILES string of the molecule is FC(F)(F)c1cccc(C2CCC(C(F)(F)F)n3nc(CC4[C@@H]5CC[C@H]4CNC5)nc32)c1. The van der Waals surface area contributed by atoms with Gasteiger partial charge in [-0.1, -0.05) is 18.2 Å². The minimum atomic E-state index is -4.52. The van der Waals surface area contributed by atoms with Gasteiger partial charge in [0.1, 0.15) is 11.9 Å². The number of rotatable bonds is 3. The molecule has 2 aromatic rings. The summed E-state index contributed by atoms with van der Waals surface area (Å²) in [6.07, 6.45) is -6.49. The largest absolute Gasteiger partial charge is 0.416 e. The van der Waals surface area contributed by atoms with Crippen LogP contribution in [0, 0.1) is 17.8 Å². The zero-order valence-corrected chi connectivity index (χ0v) is 17.3. The van der Waals surface area contributed by atoms with Gasteiger partial charge >= 0.3 is 12.4 Å². The van der Waals surface area contributed by atoms with Gasteiger partial charge in [0.05, 0.1) is 5.56 Å². The molecule has 3 unspecified atom stereocenters. The summed E-state index contributed by atoms with van der Waals surface area (Å²) in [4.78, 5) is 4.51. The molecule has 32 heavy (non-hydrogen) atoms. The van der Waals surface area contributed by atoms with Crippen LogP contribution in [0.1, 0.15) is 60.4 Å². The molecular formula is C22H24F6N4. The van der Waals surface area contributed by atoms with Crippen LogP contribution in [-0.4, -0.2) is 34.0 Å². The van der Waals surface area contributed by atoms with Crippen LogP contribution in [0.2, 0.25) is 0 Å². The van der Waals surface area contributed by atoms with Crippen molar-refractivity contribution in [1.29, 1.82) is 0 Å². The van der Waals surface area contributed by atoms with Crippen molar-refractivity contribution in [1.82, 2.24) is 20.1 Å². The number of benzene rings is 1. The normalized spacial score (nSPS) is 30.4. The Kier molecular flexibility index (Phi) is 5.26. The molecule has 1 aromatic heterocycles. The van der Waals surface area contributed by atoms with Crippen LogP contribution in [0.25, 0.3) is 0 Å². The van der Waals surface area contributed by atoms with Gasteiger partial charge in [-0.05, 0) is 68.2 Å². The first-order chi connectivity index (χ1) is 15.1. The van der Waals surface area contributed by atoms with Gasteiger partial charge in [-0.15, -0.1) is 0 Å². The molecule has 1 N–H and O–H groups in total. The summed E-state index contributed by atoms with van der Waals surface area (Å²) >= 11 is 0. The molecule has 1 saturated heterocycles. The minimum Gasteiger partial charge on any atom is -0.316 e. The molecule has 4 nitrogen and oxygen atoms in total. The fourth-order valence-corrected chi connectivity index (χ4v) is 5.81. The van der Waals surface area contributed by atoms with Crippen LogP contribution in [0.3, 0.4) is 0 Å². The lowest BCUT2D eigenvalue weighted by Gasteiger charge is -2.30. The molecule has 3 heterocycles. The number of hydrogen-bond donors (Lipinski definition) is 1. The second kappa shape index (κ2) is 7.74. The van der Waals surface area contributed by atoms with E-state index < -0.39 is 29.9 Å². The summed E-state index contributed by atoms with van der Waals surface area (Å²) in [6, 6.07) is 3.01. The molecule has 0 amide bonds. The van der Waals surface area contributed by atoms with Gasteiger partial charge < -0.3 is 5.32 Å². The van der Waals surface area contributed by atoms with Crippen LogP contribution >= 0.6 is 0 Å². The third-order valence-corrected chi connectivity index (χ3v) is 7.38. The highest BCUT2D eigenvalue weighted by Gasteiger charge is 2.47. The van der Waals surface area contributed by atoms with Gasteiger partial charge in [0.2, 0.25) is 0 Å². The summed E-state index contributed by atoms with van der Waals surface area (Å²) in [5.41, 5.74) is -0.493. The van der Waals surface area contributed by atoms with E-state index in [1.807, 2.05) is 0 Å². The third kappa shape index (κ3) is 3.91. The molecule has 2 fully saturated rings. The Hall–Kier alpha value is -2.10. The molecule has 0 spiro atoms. The number of alkyl halides is 6. The maximum absolute atomic E-state index is 13.7. The summed E-state index contributed by atoms with van der Waals surface area (Å²) in [7, 11) is 0. The molecule has 1 saturated carbocycles. The van der Waals surface area contributed by atoms with Crippen LogP contribution < -0.4 is 5.32 Å². The van der Waals surface area contributed by atoms with Crippen molar-refractivity contribution in [2.75, 3.05) is 13.1 Å². The van der Waals surface area contributed by atoms with E-state index in [1.54, 1.807) is 0 Å².